The number of nitrogens with one attached hydrogen (secondary N) is 1. The highest BCUT2D eigenvalue weighted by atomic mass is 14.9. The predicted octanol–water partition coefficient (Wildman–Crippen LogP) is 2.27. The molecule has 2 atom stereocenters. The Morgan fingerprint density at radius 2 is 2.39 bits per heavy atom. The van der Waals surface area contributed by atoms with Gasteiger partial charge in [0.25, 0.3) is 0 Å². The fourth-order valence-corrected chi connectivity index (χ4v) is 3.03. The number of fused-ring (bicyclic) bond motifs is 1. The van der Waals surface area contributed by atoms with Gasteiger partial charge in [0.15, 0.2) is 0 Å². The fraction of sp³-hybridized carbons (Fsp3) is 0.467. The van der Waals surface area contributed by atoms with E-state index in [0.29, 0.717) is 11.5 Å². The quantitative estimate of drug-likeness (QED) is 0.818. The van der Waals surface area contributed by atoms with E-state index < -0.39 is 0 Å². The molecule has 3 nitrogen and oxygen atoms in total. The van der Waals surface area contributed by atoms with Crippen molar-refractivity contribution in [3.63, 3.8) is 0 Å². The number of nitrogens with zero attached hydrogens (tertiary/aromatic N) is 2. The smallest absolute Gasteiger partial charge is 0.101 e. The van der Waals surface area contributed by atoms with Crippen molar-refractivity contribution in [1.29, 1.82) is 5.26 Å². The second-order valence-corrected chi connectivity index (χ2v) is 5.28. The molecule has 0 radical (unpaired) electrons. The van der Waals surface area contributed by atoms with Crippen LogP contribution in [0.15, 0.2) is 18.3 Å². The summed E-state index contributed by atoms with van der Waals surface area (Å²) >= 11 is 0. The van der Waals surface area contributed by atoms with Crippen molar-refractivity contribution in [2.45, 2.75) is 19.8 Å². The van der Waals surface area contributed by atoms with Crippen molar-refractivity contribution in [3.8, 4) is 6.07 Å². The van der Waals surface area contributed by atoms with Crippen LogP contribution in [0.2, 0.25) is 0 Å². The number of aromatic nitrogens is 1. The van der Waals surface area contributed by atoms with Crippen molar-refractivity contribution >= 4 is 5.57 Å². The van der Waals surface area contributed by atoms with Crippen LogP contribution in [0.3, 0.4) is 0 Å². The molecular weight excluding hydrogens is 222 g/mol. The van der Waals surface area contributed by atoms with Gasteiger partial charge in [0.05, 0.1) is 11.3 Å². The zero-order valence-electron chi connectivity index (χ0n) is 10.6. The molecule has 2 unspecified atom stereocenters. The molecule has 0 spiro atoms. The lowest BCUT2D eigenvalue weighted by Crippen LogP contribution is -2.33. The largest absolute Gasteiger partial charge is 0.316 e. The molecule has 1 aromatic rings. The van der Waals surface area contributed by atoms with Gasteiger partial charge in [-0.05, 0) is 61.9 Å². The third-order valence-electron chi connectivity index (χ3n) is 4.14. The van der Waals surface area contributed by atoms with E-state index in [2.05, 4.69) is 22.4 Å². The Kier molecular flexibility index (Phi) is 2.89. The summed E-state index contributed by atoms with van der Waals surface area (Å²) in [5.41, 5.74) is 4.02. The van der Waals surface area contributed by atoms with E-state index in [4.69, 9.17) is 5.26 Å². The summed E-state index contributed by atoms with van der Waals surface area (Å²) < 4.78 is 0. The van der Waals surface area contributed by atoms with Crippen LogP contribution in [0, 0.1) is 30.1 Å². The van der Waals surface area contributed by atoms with E-state index in [1.807, 2.05) is 19.2 Å². The Morgan fingerprint density at radius 3 is 3.17 bits per heavy atom. The van der Waals surface area contributed by atoms with E-state index in [1.54, 1.807) is 0 Å². The highest BCUT2D eigenvalue weighted by molar-refractivity contribution is 5.69. The molecule has 3 rings (SSSR count). The van der Waals surface area contributed by atoms with Gasteiger partial charge in [-0.15, -0.1) is 0 Å². The summed E-state index contributed by atoms with van der Waals surface area (Å²) in [6.07, 6.45) is 6.66. The van der Waals surface area contributed by atoms with E-state index in [-0.39, 0.29) is 0 Å². The number of piperidine rings is 1. The maximum atomic E-state index is 9.07. The first-order valence-electron chi connectivity index (χ1n) is 6.56. The molecule has 18 heavy (non-hydrogen) atoms. The lowest BCUT2D eigenvalue weighted by Gasteiger charge is -2.25. The van der Waals surface area contributed by atoms with Gasteiger partial charge in [-0.1, -0.05) is 6.08 Å². The maximum Gasteiger partial charge on any atom is 0.101 e. The van der Waals surface area contributed by atoms with Crippen LogP contribution in [0.4, 0.5) is 0 Å². The topological polar surface area (TPSA) is 48.7 Å². The van der Waals surface area contributed by atoms with E-state index in [0.717, 1.165) is 36.7 Å². The zero-order valence-corrected chi connectivity index (χ0v) is 10.6. The molecule has 2 aliphatic rings. The van der Waals surface area contributed by atoms with Gasteiger partial charge in [-0.2, -0.15) is 5.26 Å². The molecule has 1 aliphatic heterocycles. The zero-order chi connectivity index (χ0) is 12.5. The van der Waals surface area contributed by atoms with Gasteiger partial charge in [-0.3, -0.25) is 4.98 Å². The number of nitriles is 1. The second-order valence-electron chi connectivity index (χ2n) is 5.28. The number of pyridine rings is 1. The normalized spacial score (nSPS) is 26.3. The van der Waals surface area contributed by atoms with Crippen LogP contribution in [0.5, 0.6) is 0 Å². The summed E-state index contributed by atoms with van der Waals surface area (Å²) in [4.78, 5) is 4.33. The fourth-order valence-electron chi connectivity index (χ4n) is 3.03. The van der Waals surface area contributed by atoms with Gasteiger partial charge in [0.1, 0.15) is 6.07 Å². The van der Waals surface area contributed by atoms with Crippen LogP contribution >= 0.6 is 0 Å². The van der Waals surface area contributed by atoms with E-state index in [1.165, 1.54) is 12.0 Å². The van der Waals surface area contributed by atoms with Crippen molar-refractivity contribution in [2.24, 2.45) is 11.8 Å². The third kappa shape index (κ3) is 1.93. The van der Waals surface area contributed by atoms with Gasteiger partial charge in [0, 0.05) is 6.20 Å². The summed E-state index contributed by atoms with van der Waals surface area (Å²) in [6, 6.07) is 4.20. The third-order valence-corrected chi connectivity index (χ3v) is 4.14. The minimum atomic E-state index is 0.696. The molecule has 0 bridgehead atoms. The number of hydrogen-bond donors (Lipinski definition) is 1. The van der Waals surface area contributed by atoms with Gasteiger partial charge < -0.3 is 5.32 Å². The average molecular weight is 239 g/mol. The Bertz CT molecular complexity index is 539. The Hall–Kier alpha value is -1.66. The first-order chi connectivity index (χ1) is 8.78. The molecule has 1 fully saturated rings. The van der Waals surface area contributed by atoms with Gasteiger partial charge in [-0.25, -0.2) is 0 Å². The van der Waals surface area contributed by atoms with Crippen LogP contribution in [-0.4, -0.2) is 18.1 Å². The molecule has 2 heterocycles. The summed E-state index contributed by atoms with van der Waals surface area (Å²) in [5.74, 6) is 1.45. The molecule has 92 valence electrons. The number of allylic oxidation sites excluding steroid dienone is 2. The van der Waals surface area contributed by atoms with Gasteiger partial charge in [0.2, 0.25) is 0 Å². The number of aryl methyl sites for hydroxylation is 1. The molecule has 1 N–H and O–H groups in total. The molecule has 1 aliphatic carbocycles. The summed E-state index contributed by atoms with van der Waals surface area (Å²) in [7, 11) is 0. The molecule has 0 aromatic carbocycles. The number of hydrogen-bond acceptors (Lipinski definition) is 3. The predicted molar refractivity (Wildman–Crippen MR) is 70.7 cm³/mol. The Morgan fingerprint density at radius 1 is 1.50 bits per heavy atom. The molecule has 0 amide bonds. The van der Waals surface area contributed by atoms with Crippen LogP contribution in [-0.2, 0) is 0 Å². The second kappa shape index (κ2) is 4.55. The van der Waals surface area contributed by atoms with E-state index >= 15 is 0 Å². The lowest BCUT2D eigenvalue weighted by atomic mass is 9.89. The first kappa shape index (κ1) is 11.4. The molecule has 0 saturated carbocycles. The Balaban J connectivity index is 1.90. The Labute approximate surface area is 108 Å². The molecule has 3 heteroatoms. The van der Waals surface area contributed by atoms with Gasteiger partial charge >= 0.3 is 0 Å². The van der Waals surface area contributed by atoms with E-state index in [9.17, 15) is 0 Å². The van der Waals surface area contributed by atoms with Crippen molar-refractivity contribution < 1.29 is 0 Å². The van der Waals surface area contributed by atoms with Crippen LogP contribution < -0.4 is 5.32 Å². The highest BCUT2D eigenvalue weighted by Crippen LogP contribution is 2.39. The summed E-state index contributed by atoms with van der Waals surface area (Å²) in [6.45, 7) is 4.13. The minimum absolute atomic E-state index is 0.696. The average Bonchev–Trinajstić information content (AvgIpc) is 2.83. The minimum Gasteiger partial charge on any atom is -0.316 e. The van der Waals surface area contributed by atoms with Crippen LogP contribution in [0.1, 0.15) is 29.7 Å². The SMILES string of the molecule is Cc1ncc(C2=CC3CCNCC3C2)cc1C#N. The molecular formula is C15H17N3. The molecule has 1 aromatic heterocycles. The lowest BCUT2D eigenvalue weighted by molar-refractivity contribution is 0.324. The molecule has 1 saturated heterocycles. The number of rotatable bonds is 1. The first-order valence-corrected chi connectivity index (χ1v) is 6.56. The highest BCUT2D eigenvalue weighted by Gasteiger charge is 2.30. The standard InChI is InChI=1S/C15H17N3/c1-10-13(7-16)6-15(9-18-10)12-4-11-2-3-17-8-14(11)5-12/h4,6,9,11,14,17H,2-3,5,8H2,1H3. The monoisotopic (exact) mass is 239 g/mol. The van der Waals surface area contributed by atoms with Crippen molar-refractivity contribution in [1.82, 2.24) is 10.3 Å². The van der Waals surface area contributed by atoms with Crippen molar-refractivity contribution in [3.05, 3.63) is 35.2 Å². The van der Waals surface area contributed by atoms with Crippen LogP contribution in [0.25, 0.3) is 5.57 Å². The van der Waals surface area contributed by atoms with Crippen molar-refractivity contribution in [2.75, 3.05) is 13.1 Å². The maximum absolute atomic E-state index is 9.07. The summed E-state index contributed by atoms with van der Waals surface area (Å²) in [5, 5.41) is 12.5.